The first-order valence-electron chi connectivity index (χ1n) is 5.19. The van der Waals surface area contributed by atoms with Gasteiger partial charge >= 0.3 is 0 Å². The highest BCUT2D eigenvalue weighted by Crippen LogP contribution is 2.16. The van der Waals surface area contributed by atoms with Gasteiger partial charge in [0.15, 0.2) is 0 Å². The maximum absolute atomic E-state index is 5.57. The second-order valence-corrected chi connectivity index (χ2v) is 4.56. The van der Waals surface area contributed by atoms with Crippen molar-refractivity contribution in [2.75, 3.05) is 32.1 Å². The fraction of sp³-hybridized carbons (Fsp3) is 1.00. The van der Waals surface area contributed by atoms with Gasteiger partial charge in [-0.05, 0) is 39.3 Å². The van der Waals surface area contributed by atoms with Crippen molar-refractivity contribution in [1.82, 2.24) is 4.90 Å². The molecule has 1 aliphatic rings. The third-order valence-electron chi connectivity index (χ3n) is 2.56. The van der Waals surface area contributed by atoms with Crippen molar-refractivity contribution in [3.05, 3.63) is 0 Å². The molecule has 2 nitrogen and oxygen atoms in total. The summed E-state index contributed by atoms with van der Waals surface area (Å²) in [5.74, 6) is 0. The summed E-state index contributed by atoms with van der Waals surface area (Å²) in [6, 6.07) is 0. The van der Waals surface area contributed by atoms with E-state index < -0.39 is 0 Å². The summed E-state index contributed by atoms with van der Waals surface area (Å²) >= 11 is 3.44. The van der Waals surface area contributed by atoms with Crippen molar-refractivity contribution in [1.29, 1.82) is 0 Å². The van der Waals surface area contributed by atoms with Crippen LogP contribution in [0.1, 0.15) is 25.7 Å². The molecule has 1 saturated heterocycles. The normalized spacial score (nSPS) is 22.8. The highest BCUT2D eigenvalue weighted by atomic mass is 79.9. The summed E-state index contributed by atoms with van der Waals surface area (Å²) in [6.07, 6.45) is 5.63. The van der Waals surface area contributed by atoms with Crippen molar-refractivity contribution in [3.63, 3.8) is 0 Å². The van der Waals surface area contributed by atoms with E-state index in [4.69, 9.17) is 4.74 Å². The van der Waals surface area contributed by atoms with Crippen LogP contribution in [0, 0.1) is 0 Å². The quantitative estimate of drug-likeness (QED) is 0.670. The third-order valence-corrected chi connectivity index (χ3v) is 2.91. The van der Waals surface area contributed by atoms with Gasteiger partial charge in [0.1, 0.15) is 0 Å². The lowest BCUT2D eigenvalue weighted by Gasteiger charge is -2.16. The molecule has 13 heavy (non-hydrogen) atoms. The second kappa shape index (κ2) is 6.80. The Morgan fingerprint density at radius 1 is 1.46 bits per heavy atom. The zero-order chi connectivity index (χ0) is 9.52. The number of nitrogens with zero attached hydrogens (tertiary/aromatic N) is 1. The Balaban J connectivity index is 1.93. The lowest BCUT2D eigenvalue weighted by atomic mass is 10.1. The minimum Gasteiger partial charge on any atom is -0.378 e. The molecule has 1 unspecified atom stereocenters. The summed E-state index contributed by atoms with van der Waals surface area (Å²) in [6.45, 7) is 3.33. The molecule has 0 aromatic heterocycles. The molecule has 0 N–H and O–H groups in total. The van der Waals surface area contributed by atoms with Crippen LogP contribution in [-0.4, -0.2) is 43.1 Å². The van der Waals surface area contributed by atoms with Crippen molar-refractivity contribution < 1.29 is 4.74 Å². The summed E-state index contributed by atoms with van der Waals surface area (Å²) in [5, 5.41) is 1.07. The Hall–Kier alpha value is 0.400. The van der Waals surface area contributed by atoms with Crippen LogP contribution in [0.4, 0.5) is 0 Å². The Bertz CT molecular complexity index is 126. The SMILES string of the molecule is CN(CCBr)CCCC1CCCO1. The molecule has 1 rings (SSSR count). The van der Waals surface area contributed by atoms with Crippen molar-refractivity contribution in [2.24, 2.45) is 0 Å². The molecule has 0 radical (unpaired) electrons. The minimum absolute atomic E-state index is 0.567. The van der Waals surface area contributed by atoms with Gasteiger partial charge in [-0.3, -0.25) is 0 Å². The molecule has 1 heterocycles. The van der Waals surface area contributed by atoms with E-state index in [0.717, 1.165) is 18.5 Å². The summed E-state index contributed by atoms with van der Waals surface area (Å²) < 4.78 is 5.57. The molecule has 0 aliphatic carbocycles. The van der Waals surface area contributed by atoms with Gasteiger partial charge in [-0.25, -0.2) is 0 Å². The molecular formula is C10H20BrNO. The topological polar surface area (TPSA) is 12.5 Å². The number of ether oxygens (including phenoxy) is 1. The lowest BCUT2D eigenvalue weighted by Crippen LogP contribution is -2.22. The first-order chi connectivity index (χ1) is 6.33. The maximum atomic E-state index is 5.57. The molecule has 0 saturated carbocycles. The largest absolute Gasteiger partial charge is 0.378 e. The number of alkyl halides is 1. The standard InChI is InChI=1S/C10H20BrNO/c1-12(8-6-11)7-2-4-10-5-3-9-13-10/h10H,2-9H2,1H3. The Morgan fingerprint density at radius 3 is 2.92 bits per heavy atom. The monoisotopic (exact) mass is 249 g/mol. The highest BCUT2D eigenvalue weighted by Gasteiger charge is 2.14. The molecule has 0 aromatic carbocycles. The smallest absolute Gasteiger partial charge is 0.0576 e. The Labute approximate surface area is 89.8 Å². The molecule has 1 atom stereocenters. The molecule has 0 spiro atoms. The van der Waals surface area contributed by atoms with Gasteiger partial charge in [0.05, 0.1) is 6.10 Å². The predicted octanol–water partition coefficient (Wildman–Crippen LogP) is 2.27. The van der Waals surface area contributed by atoms with Gasteiger partial charge in [0.2, 0.25) is 0 Å². The first-order valence-corrected chi connectivity index (χ1v) is 6.31. The third kappa shape index (κ3) is 4.99. The average Bonchev–Trinajstić information content (AvgIpc) is 2.57. The van der Waals surface area contributed by atoms with E-state index in [0.29, 0.717) is 6.10 Å². The van der Waals surface area contributed by atoms with Crippen LogP contribution in [0.25, 0.3) is 0 Å². The van der Waals surface area contributed by atoms with Crippen molar-refractivity contribution in [3.8, 4) is 0 Å². The van der Waals surface area contributed by atoms with E-state index >= 15 is 0 Å². The van der Waals surface area contributed by atoms with E-state index in [1.807, 2.05) is 0 Å². The number of hydrogen-bond donors (Lipinski definition) is 0. The van der Waals surface area contributed by atoms with E-state index in [2.05, 4.69) is 27.9 Å². The van der Waals surface area contributed by atoms with E-state index in [-0.39, 0.29) is 0 Å². The lowest BCUT2D eigenvalue weighted by molar-refractivity contribution is 0.0999. The fourth-order valence-corrected chi connectivity index (χ4v) is 2.32. The number of hydrogen-bond acceptors (Lipinski definition) is 2. The van der Waals surface area contributed by atoms with Crippen molar-refractivity contribution >= 4 is 15.9 Å². The maximum Gasteiger partial charge on any atom is 0.0576 e. The van der Waals surface area contributed by atoms with Crippen LogP contribution in [0.3, 0.4) is 0 Å². The molecule has 0 bridgehead atoms. The summed E-state index contributed by atoms with van der Waals surface area (Å²) in [4.78, 5) is 2.36. The van der Waals surface area contributed by atoms with Gasteiger partial charge < -0.3 is 9.64 Å². The zero-order valence-corrected chi connectivity index (χ0v) is 10.1. The molecule has 3 heteroatoms. The minimum atomic E-state index is 0.567. The first kappa shape index (κ1) is 11.5. The van der Waals surface area contributed by atoms with Gasteiger partial charge in [0.25, 0.3) is 0 Å². The Morgan fingerprint density at radius 2 is 2.31 bits per heavy atom. The van der Waals surface area contributed by atoms with Gasteiger partial charge in [-0.2, -0.15) is 0 Å². The van der Waals surface area contributed by atoms with Crippen LogP contribution in [-0.2, 0) is 4.74 Å². The fourth-order valence-electron chi connectivity index (χ4n) is 1.72. The van der Waals surface area contributed by atoms with E-state index in [1.54, 1.807) is 0 Å². The molecule has 0 aromatic rings. The Kier molecular flexibility index (Phi) is 6.00. The van der Waals surface area contributed by atoms with Crippen LogP contribution >= 0.6 is 15.9 Å². The summed E-state index contributed by atoms with van der Waals surface area (Å²) in [7, 11) is 2.18. The summed E-state index contributed by atoms with van der Waals surface area (Å²) in [5.41, 5.74) is 0. The van der Waals surface area contributed by atoms with E-state index in [9.17, 15) is 0 Å². The van der Waals surface area contributed by atoms with Crippen LogP contribution in [0.15, 0.2) is 0 Å². The predicted molar refractivity (Wildman–Crippen MR) is 59.5 cm³/mol. The van der Waals surface area contributed by atoms with E-state index in [1.165, 1.54) is 32.2 Å². The molecule has 78 valence electrons. The molecule has 1 fully saturated rings. The van der Waals surface area contributed by atoms with Crippen LogP contribution < -0.4 is 0 Å². The zero-order valence-electron chi connectivity index (χ0n) is 8.47. The highest BCUT2D eigenvalue weighted by molar-refractivity contribution is 9.09. The average molecular weight is 250 g/mol. The molecule has 0 amide bonds. The molecular weight excluding hydrogens is 230 g/mol. The second-order valence-electron chi connectivity index (χ2n) is 3.77. The number of rotatable bonds is 6. The number of halogens is 1. The van der Waals surface area contributed by atoms with Crippen LogP contribution in [0.2, 0.25) is 0 Å². The van der Waals surface area contributed by atoms with Gasteiger partial charge in [-0.15, -0.1) is 0 Å². The van der Waals surface area contributed by atoms with Crippen LogP contribution in [0.5, 0.6) is 0 Å². The van der Waals surface area contributed by atoms with Gasteiger partial charge in [-0.1, -0.05) is 15.9 Å². The van der Waals surface area contributed by atoms with Gasteiger partial charge in [0, 0.05) is 18.5 Å². The molecule has 1 aliphatic heterocycles. The van der Waals surface area contributed by atoms with Crippen molar-refractivity contribution in [2.45, 2.75) is 31.8 Å².